The molecule has 3 aromatic rings. The van der Waals surface area contributed by atoms with Gasteiger partial charge in [0.05, 0.1) is 18.3 Å². The molecule has 0 N–H and O–H groups in total. The third kappa shape index (κ3) is 2.94. The van der Waals surface area contributed by atoms with Crippen molar-refractivity contribution in [3.05, 3.63) is 53.9 Å². The average Bonchev–Trinajstić information content (AvgIpc) is 3.37. The van der Waals surface area contributed by atoms with Crippen molar-refractivity contribution in [2.24, 2.45) is 0 Å². The summed E-state index contributed by atoms with van der Waals surface area (Å²) in [5, 5.41) is 6.86. The second-order valence-electron chi connectivity index (χ2n) is 5.78. The van der Waals surface area contributed by atoms with E-state index >= 15 is 0 Å². The van der Waals surface area contributed by atoms with Gasteiger partial charge in [0.25, 0.3) is 5.91 Å². The molecule has 0 unspecified atom stereocenters. The van der Waals surface area contributed by atoms with Gasteiger partial charge in [0.15, 0.2) is 0 Å². The minimum Gasteiger partial charge on any atom is -0.332 e. The average molecular weight is 339 g/mol. The summed E-state index contributed by atoms with van der Waals surface area (Å²) in [4.78, 5) is 23.6. The molecular weight excluding hydrogens is 322 g/mol. The summed E-state index contributed by atoms with van der Waals surface area (Å²) in [6, 6.07) is 7.78. The quantitative estimate of drug-likeness (QED) is 0.733. The van der Waals surface area contributed by atoms with E-state index in [0.717, 1.165) is 36.6 Å². The van der Waals surface area contributed by atoms with Crippen LogP contribution in [0.5, 0.6) is 0 Å². The first kappa shape index (κ1) is 15.0. The SMILES string of the molecule is O=C(c1csc(-c2ccccn2)n1)N1CCC[C@H]1Cn1cccn1. The van der Waals surface area contributed by atoms with E-state index in [1.807, 2.05) is 45.4 Å². The fourth-order valence-electron chi connectivity index (χ4n) is 3.04. The largest absolute Gasteiger partial charge is 0.332 e. The molecule has 1 aliphatic rings. The third-order valence-electron chi connectivity index (χ3n) is 4.20. The molecule has 0 saturated carbocycles. The smallest absolute Gasteiger partial charge is 0.273 e. The van der Waals surface area contributed by atoms with Crippen molar-refractivity contribution in [3.63, 3.8) is 0 Å². The molecule has 4 heterocycles. The van der Waals surface area contributed by atoms with E-state index in [1.165, 1.54) is 11.3 Å². The van der Waals surface area contributed by atoms with E-state index in [2.05, 4.69) is 15.1 Å². The van der Waals surface area contributed by atoms with Crippen LogP contribution in [0.15, 0.2) is 48.2 Å². The highest BCUT2D eigenvalue weighted by atomic mass is 32.1. The highest BCUT2D eigenvalue weighted by Crippen LogP contribution is 2.25. The molecular formula is C17H17N5OS. The summed E-state index contributed by atoms with van der Waals surface area (Å²) in [5.41, 5.74) is 1.31. The number of carbonyl (C=O) groups excluding carboxylic acids is 1. The molecule has 24 heavy (non-hydrogen) atoms. The standard InChI is InChI=1S/C17H17N5OS/c23-17(15-12-24-16(20-15)14-6-1-2-7-18-14)22-10-3-5-13(22)11-21-9-4-8-19-21/h1-2,4,6-9,12-13H,3,5,10-11H2/t13-/m0/s1. The molecule has 1 atom stereocenters. The van der Waals surface area contributed by atoms with Crippen molar-refractivity contribution in [2.45, 2.75) is 25.4 Å². The van der Waals surface area contributed by atoms with Crippen molar-refractivity contribution < 1.29 is 4.79 Å². The van der Waals surface area contributed by atoms with E-state index in [4.69, 9.17) is 0 Å². The van der Waals surface area contributed by atoms with Gasteiger partial charge >= 0.3 is 0 Å². The molecule has 0 bridgehead atoms. The van der Waals surface area contributed by atoms with Crippen LogP contribution in [0, 0.1) is 0 Å². The molecule has 1 saturated heterocycles. The van der Waals surface area contributed by atoms with Crippen LogP contribution < -0.4 is 0 Å². The molecule has 1 aliphatic heterocycles. The number of hydrogen-bond acceptors (Lipinski definition) is 5. The minimum atomic E-state index is 0.00286. The van der Waals surface area contributed by atoms with Gasteiger partial charge in [0, 0.05) is 30.5 Å². The van der Waals surface area contributed by atoms with Gasteiger partial charge in [-0.3, -0.25) is 14.5 Å². The number of carbonyl (C=O) groups is 1. The lowest BCUT2D eigenvalue weighted by Gasteiger charge is -2.23. The Bertz CT molecular complexity index is 815. The van der Waals surface area contributed by atoms with Crippen LogP contribution in [0.1, 0.15) is 23.3 Å². The zero-order valence-corrected chi connectivity index (χ0v) is 13.9. The Balaban J connectivity index is 1.52. The molecule has 0 spiro atoms. The fraction of sp³-hybridized carbons (Fsp3) is 0.294. The van der Waals surface area contributed by atoms with Crippen molar-refractivity contribution in [3.8, 4) is 10.7 Å². The lowest BCUT2D eigenvalue weighted by molar-refractivity contribution is 0.0716. The normalized spacial score (nSPS) is 17.3. The second-order valence-corrected chi connectivity index (χ2v) is 6.63. The van der Waals surface area contributed by atoms with Gasteiger partial charge in [-0.15, -0.1) is 11.3 Å². The van der Waals surface area contributed by atoms with Gasteiger partial charge < -0.3 is 4.90 Å². The van der Waals surface area contributed by atoms with E-state index in [-0.39, 0.29) is 11.9 Å². The van der Waals surface area contributed by atoms with Gasteiger partial charge in [-0.1, -0.05) is 6.07 Å². The van der Waals surface area contributed by atoms with Gasteiger partial charge in [0.1, 0.15) is 10.7 Å². The summed E-state index contributed by atoms with van der Waals surface area (Å²) in [6.45, 7) is 1.51. The minimum absolute atomic E-state index is 0.00286. The van der Waals surface area contributed by atoms with E-state index in [0.29, 0.717) is 5.69 Å². The van der Waals surface area contributed by atoms with Crippen molar-refractivity contribution in [1.29, 1.82) is 0 Å². The van der Waals surface area contributed by atoms with Crippen molar-refractivity contribution in [2.75, 3.05) is 6.54 Å². The highest BCUT2D eigenvalue weighted by molar-refractivity contribution is 7.13. The van der Waals surface area contributed by atoms with E-state index in [9.17, 15) is 4.79 Å². The zero-order chi connectivity index (χ0) is 16.4. The maximum Gasteiger partial charge on any atom is 0.273 e. The van der Waals surface area contributed by atoms with Gasteiger partial charge in [-0.25, -0.2) is 4.98 Å². The first-order chi connectivity index (χ1) is 11.8. The van der Waals surface area contributed by atoms with Crippen LogP contribution in [0.25, 0.3) is 10.7 Å². The van der Waals surface area contributed by atoms with Gasteiger partial charge in [0.2, 0.25) is 0 Å². The highest BCUT2D eigenvalue weighted by Gasteiger charge is 2.31. The monoisotopic (exact) mass is 339 g/mol. The predicted octanol–water partition coefficient (Wildman–Crippen LogP) is 2.71. The number of rotatable bonds is 4. The van der Waals surface area contributed by atoms with Crippen molar-refractivity contribution in [1.82, 2.24) is 24.6 Å². The number of nitrogens with zero attached hydrogens (tertiary/aromatic N) is 5. The molecule has 6 nitrogen and oxygen atoms in total. The third-order valence-corrected chi connectivity index (χ3v) is 5.07. The summed E-state index contributed by atoms with van der Waals surface area (Å²) in [5.74, 6) is 0.00286. The van der Waals surface area contributed by atoms with Crippen LogP contribution in [-0.4, -0.2) is 43.1 Å². The summed E-state index contributed by atoms with van der Waals surface area (Å²) < 4.78 is 1.89. The molecule has 0 aliphatic carbocycles. The Morgan fingerprint density at radius 2 is 2.25 bits per heavy atom. The second kappa shape index (κ2) is 6.52. The lowest BCUT2D eigenvalue weighted by atomic mass is 10.2. The molecule has 0 aromatic carbocycles. The molecule has 122 valence electrons. The van der Waals surface area contributed by atoms with Crippen LogP contribution >= 0.6 is 11.3 Å². The first-order valence-corrected chi connectivity index (χ1v) is 8.84. The fourth-order valence-corrected chi connectivity index (χ4v) is 3.81. The lowest BCUT2D eigenvalue weighted by Crippen LogP contribution is -2.38. The van der Waals surface area contributed by atoms with Crippen LogP contribution in [0.3, 0.4) is 0 Å². The Morgan fingerprint density at radius 3 is 3.04 bits per heavy atom. The summed E-state index contributed by atoms with van der Waals surface area (Å²) >= 11 is 1.46. The summed E-state index contributed by atoms with van der Waals surface area (Å²) in [6.07, 6.45) is 7.46. The number of amides is 1. The number of thiazole rings is 1. The predicted molar refractivity (Wildman–Crippen MR) is 91.6 cm³/mol. The number of hydrogen-bond donors (Lipinski definition) is 0. The number of likely N-dealkylation sites (tertiary alicyclic amines) is 1. The molecule has 4 rings (SSSR count). The van der Waals surface area contributed by atoms with Gasteiger partial charge in [-0.2, -0.15) is 5.10 Å². The van der Waals surface area contributed by atoms with Crippen molar-refractivity contribution >= 4 is 17.2 Å². The molecule has 7 heteroatoms. The molecule has 1 fully saturated rings. The van der Waals surface area contributed by atoms with Crippen LogP contribution in [-0.2, 0) is 6.54 Å². The number of aromatic nitrogens is 4. The zero-order valence-electron chi connectivity index (χ0n) is 13.1. The number of pyridine rings is 1. The topological polar surface area (TPSA) is 63.9 Å². The summed E-state index contributed by atoms with van der Waals surface area (Å²) in [7, 11) is 0. The maximum atomic E-state index is 12.9. The van der Waals surface area contributed by atoms with E-state index < -0.39 is 0 Å². The Labute approximate surface area is 143 Å². The van der Waals surface area contributed by atoms with Crippen LogP contribution in [0.4, 0.5) is 0 Å². The van der Waals surface area contributed by atoms with E-state index in [1.54, 1.807) is 12.4 Å². The first-order valence-electron chi connectivity index (χ1n) is 7.96. The molecule has 3 aromatic heterocycles. The Kier molecular flexibility index (Phi) is 4.08. The van der Waals surface area contributed by atoms with Gasteiger partial charge in [-0.05, 0) is 31.0 Å². The van der Waals surface area contributed by atoms with Crippen LogP contribution in [0.2, 0.25) is 0 Å². The maximum absolute atomic E-state index is 12.9. The molecule has 0 radical (unpaired) electrons. The Hall–Kier alpha value is -2.54. The Morgan fingerprint density at radius 1 is 1.29 bits per heavy atom. The molecule has 1 amide bonds.